The third-order valence-electron chi connectivity index (χ3n) is 5.99. The lowest BCUT2D eigenvalue weighted by Crippen LogP contribution is -2.37. The molecule has 0 N–H and O–H groups in total. The van der Waals surface area contributed by atoms with Crippen molar-refractivity contribution in [3.8, 4) is 11.5 Å². The van der Waals surface area contributed by atoms with Gasteiger partial charge in [0, 0.05) is 19.5 Å². The van der Waals surface area contributed by atoms with Crippen LogP contribution in [0.15, 0.2) is 42.5 Å². The lowest BCUT2D eigenvalue weighted by molar-refractivity contribution is -0.131. The van der Waals surface area contributed by atoms with Crippen molar-refractivity contribution in [2.75, 3.05) is 33.4 Å². The molecule has 31 heavy (non-hydrogen) atoms. The highest BCUT2D eigenvalue weighted by atomic mass is 32.1. The number of fused-ring (bicyclic) bond motifs is 2. The number of para-hydroxylation sites is 1. The van der Waals surface area contributed by atoms with Gasteiger partial charge in [-0.15, -0.1) is 11.3 Å². The Balaban J connectivity index is 1.25. The molecule has 1 fully saturated rings. The average Bonchev–Trinajstić information content (AvgIpc) is 3.33. The van der Waals surface area contributed by atoms with Crippen LogP contribution in [0.3, 0.4) is 0 Å². The van der Waals surface area contributed by atoms with Crippen LogP contribution in [0.5, 0.6) is 11.5 Å². The Morgan fingerprint density at radius 1 is 1.16 bits per heavy atom. The quantitative estimate of drug-likeness (QED) is 0.597. The van der Waals surface area contributed by atoms with Gasteiger partial charge in [0.2, 0.25) is 5.91 Å². The second-order valence-corrected chi connectivity index (χ2v) is 9.33. The van der Waals surface area contributed by atoms with E-state index in [4.69, 9.17) is 9.47 Å². The van der Waals surface area contributed by atoms with Gasteiger partial charge in [-0.25, -0.2) is 4.98 Å². The summed E-state index contributed by atoms with van der Waals surface area (Å²) in [5.41, 5.74) is 2.20. The minimum Gasteiger partial charge on any atom is -0.490 e. The zero-order valence-electron chi connectivity index (χ0n) is 17.8. The first-order chi connectivity index (χ1) is 15.2. The summed E-state index contributed by atoms with van der Waals surface area (Å²) in [4.78, 5) is 21.7. The molecule has 3 heterocycles. The maximum Gasteiger partial charge on any atom is 0.236 e. The van der Waals surface area contributed by atoms with Crippen molar-refractivity contribution in [3.63, 3.8) is 0 Å². The molecule has 2 aliphatic rings. The summed E-state index contributed by atoms with van der Waals surface area (Å²) in [6.45, 7) is 3.26. The van der Waals surface area contributed by atoms with Gasteiger partial charge in [0.05, 0.1) is 36.5 Å². The molecule has 3 aromatic rings. The van der Waals surface area contributed by atoms with E-state index < -0.39 is 0 Å². The van der Waals surface area contributed by atoms with E-state index in [1.54, 1.807) is 16.2 Å². The maximum absolute atomic E-state index is 13.0. The summed E-state index contributed by atoms with van der Waals surface area (Å²) >= 11 is 1.65. The van der Waals surface area contributed by atoms with Crippen molar-refractivity contribution in [2.24, 2.45) is 0 Å². The van der Waals surface area contributed by atoms with Crippen LogP contribution in [-0.2, 0) is 11.3 Å². The maximum atomic E-state index is 13.0. The number of hydrogen-bond donors (Lipinski definition) is 0. The highest BCUT2D eigenvalue weighted by Crippen LogP contribution is 2.37. The molecular weight excluding hydrogens is 410 g/mol. The molecule has 2 aromatic carbocycles. The van der Waals surface area contributed by atoms with Gasteiger partial charge in [-0.2, -0.15) is 0 Å². The fraction of sp³-hybridized carbons (Fsp3) is 0.417. The number of carbonyl (C=O) groups excluding carboxylic acids is 1. The van der Waals surface area contributed by atoms with E-state index in [2.05, 4.69) is 28.1 Å². The lowest BCUT2D eigenvalue weighted by atomic mass is 10.0. The number of aromatic nitrogens is 1. The van der Waals surface area contributed by atoms with Gasteiger partial charge in [0.25, 0.3) is 0 Å². The zero-order valence-corrected chi connectivity index (χ0v) is 18.6. The summed E-state index contributed by atoms with van der Waals surface area (Å²) in [5.74, 6) is 1.76. The highest BCUT2D eigenvalue weighted by molar-refractivity contribution is 7.18. The Hall–Kier alpha value is -2.64. The second kappa shape index (κ2) is 8.85. The van der Waals surface area contributed by atoms with Gasteiger partial charge in [-0.05, 0) is 49.2 Å². The van der Waals surface area contributed by atoms with Crippen LogP contribution in [-0.4, -0.2) is 54.0 Å². The molecule has 1 aromatic heterocycles. The third-order valence-corrected chi connectivity index (χ3v) is 7.02. The largest absolute Gasteiger partial charge is 0.490 e. The fourth-order valence-corrected chi connectivity index (χ4v) is 5.37. The molecule has 2 aliphatic heterocycles. The van der Waals surface area contributed by atoms with Crippen LogP contribution in [0, 0.1) is 0 Å². The monoisotopic (exact) mass is 437 g/mol. The van der Waals surface area contributed by atoms with E-state index in [9.17, 15) is 4.79 Å². The number of amides is 1. The molecule has 0 spiro atoms. The number of carbonyl (C=O) groups is 1. The molecule has 0 saturated carbocycles. The van der Waals surface area contributed by atoms with E-state index in [-0.39, 0.29) is 11.9 Å². The van der Waals surface area contributed by atoms with Crippen LogP contribution < -0.4 is 9.47 Å². The molecular formula is C24H27N3O3S. The first kappa shape index (κ1) is 20.3. The SMILES string of the molecule is CN(Cc1nc2ccccc2s1)C(=O)CN1CCC[C@H]1c1ccc2c(c1)OCCCO2. The topological polar surface area (TPSA) is 54.9 Å². The molecule has 5 rings (SSSR count). The van der Waals surface area contributed by atoms with E-state index in [0.717, 1.165) is 52.5 Å². The molecule has 162 valence electrons. The van der Waals surface area contributed by atoms with Crippen LogP contribution >= 0.6 is 11.3 Å². The van der Waals surface area contributed by atoms with Crippen molar-refractivity contribution in [1.29, 1.82) is 0 Å². The van der Waals surface area contributed by atoms with Gasteiger partial charge < -0.3 is 14.4 Å². The lowest BCUT2D eigenvalue weighted by Gasteiger charge is -2.27. The van der Waals surface area contributed by atoms with E-state index >= 15 is 0 Å². The number of ether oxygens (including phenoxy) is 2. The van der Waals surface area contributed by atoms with Gasteiger partial charge in [0.1, 0.15) is 5.01 Å². The Bertz CT molecular complexity index is 1050. The first-order valence-corrected chi connectivity index (χ1v) is 11.7. The Kier molecular flexibility index (Phi) is 5.78. The first-order valence-electron chi connectivity index (χ1n) is 10.9. The van der Waals surface area contributed by atoms with Crippen molar-refractivity contribution >= 4 is 27.5 Å². The predicted octanol–water partition coefficient (Wildman–Crippen LogP) is 4.25. The highest BCUT2D eigenvalue weighted by Gasteiger charge is 2.29. The minimum absolute atomic E-state index is 0.125. The number of thiazole rings is 1. The molecule has 0 radical (unpaired) electrons. The third kappa shape index (κ3) is 4.38. The Morgan fingerprint density at radius 3 is 2.87 bits per heavy atom. The Morgan fingerprint density at radius 2 is 2.00 bits per heavy atom. The number of nitrogens with zero attached hydrogens (tertiary/aromatic N) is 3. The van der Waals surface area contributed by atoms with Crippen LogP contribution in [0.4, 0.5) is 0 Å². The summed E-state index contributed by atoms with van der Waals surface area (Å²) in [6, 6.07) is 14.6. The average molecular weight is 438 g/mol. The number of rotatable bonds is 5. The fourth-order valence-electron chi connectivity index (χ4n) is 4.35. The van der Waals surface area contributed by atoms with E-state index in [1.165, 1.54) is 5.56 Å². The van der Waals surface area contributed by atoms with Crippen LogP contribution in [0.2, 0.25) is 0 Å². The smallest absolute Gasteiger partial charge is 0.236 e. The summed E-state index contributed by atoms with van der Waals surface area (Å²) < 4.78 is 12.8. The Labute approximate surface area is 186 Å². The second-order valence-electron chi connectivity index (χ2n) is 8.21. The molecule has 1 saturated heterocycles. The normalized spacial score (nSPS) is 18.8. The van der Waals surface area contributed by atoms with Crippen molar-refractivity contribution in [1.82, 2.24) is 14.8 Å². The molecule has 0 bridgehead atoms. The molecule has 0 aliphatic carbocycles. The van der Waals surface area contributed by atoms with E-state index in [0.29, 0.717) is 26.3 Å². The summed E-state index contributed by atoms with van der Waals surface area (Å²) in [7, 11) is 1.87. The molecule has 1 amide bonds. The number of likely N-dealkylation sites (tertiary alicyclic amines) is 1. The molecule has 7 heteroatoms. The van der Waals surface area contributed by atoms with Gasteiger partial charge in [-0.1, -0.05) is 18.2 Å². The molecule has 1 atom stereocenters. The predicted molar refractivity (Wildman–Crippen MR) is 122 cm³/mol. The summed E-state index contributed by atoms with van der Waals surface area (Å²) in [5, 5.41) is 0.970. The number of hydrogen-bond acceptors (Lipinski definition) is 6. The standard InChI is InChI=1S/C24H27N3O3S/c1-26(15-23-25-18-6-2-3-8-22(18)31-23)24(28)16-27-11-4-7-19(27)17-9-10-20-21(14-17)30-13-5-12-29-20/h2-3,6,8-10,14,19H,4-5,7,11-13,15-16H2,1H3/t19-/m0/s1. The summed E-state index contributed by atoms with van der Waals surface area (Å²) in [6.07, 6.45) is 3.04. The van der Waals surface area contributed by atoms with Gasteiger partial charge in [-0.3, -0.25) is 9.69 Å². The van der Waals surface area contributed by atoms with Gasteiger partial charge in [0.15, 0.2) is 11.5 Å². The molecule has 6 nitrogen and oxygen atoms in total. The number of benzene rings is 2. The van der Waals surface area contributed by atoms with Crippen LogP contribution in [0.25, 0.3) is 10.2 Å². The van der Waals surface area contributed by atoms with Crippen molar-refractivity contribution in [3.05, 3.63) is 53.0 Å². The number of likely N-dealkylation sites (N-methyl/N-ethyl adjacent to an activating group) is 1. The minimum atomic E-state index is 0.125. The van der Waals surface area contributed by atoms with Crippen molar-refractivity contribution < 1.29 is 14.3 Å². The van der Waals surface area contributed by atoms with Gasteiger partial charge >= 0.3 is 0 Å². The molecule has 0 unspecified atom stereocenters. The van der Waals surface area contributed by atoms with Crippen LogP contribution in [0.1, 0.15) is 35.9 Å². The van der Waals surface area contributed by atoms with Crippen molar-refractivity contribution in [2.45, 2.75) is 31.8 Å². The van der Waals surface area contributed by atoms with E-state index in [1.807, 2.05) is 31.3 Å². The zero-order chi connectivity index (χ0) is 21.2.